The molecule has 2 aromatic carbocycles. The van der Waals surface area contributed by atoms with Gasteiger partial charge in [-0.3, -0.25) is 9.78 Å². The molecule has 0 aliphatic carbocycles. The number of nitrogens with two attached hydrogens (primary N) is 1. The third-order valence-corrected chi connectivity index (χ3v) is 6.76. The highest BCUT2D eigenvalue weighted by atomic mass is 19.1. The second-order valence-corrected chi connectivity index (χ2v) is 9.37. The molecule has 12 heteroatoms. The summed E-state index contributed by atoms with van der Waals surface area (Å²) >= 11 is 0. The molecule has 1 fully saturated rings. The van der Waals surface area contributed by atoms with Gasteiger partial charge in [-0.2, -0.15) is 15.0 Å². The maximum absolute atomic E-state index is 14.4. The van der Waals surface area contributed by atoms with Crippen molar-refractivity contribution >= 4 is 11.4 Å². The number of aliphatic hydroxyl groups excluding tert-OH is 2. The van der Waals surface area contributed by atoms with Gasteiger partial charge in [0, 0.05) is 36.6 Å². The lowest BCUT2D eigenvalue weighted by molar-refractivity contribution is 0.201. The smallest absolute Gasteiger partial charge is 0.271 e. The quantitative estimate of drug-likeness (QED) is 0.257. The molecule has 0 amide bonds. The van der Waals surface area contributed by atoms with Crippen molar-refractivity contribution in [2.45, 2.75) is 24.7 Å². The lowest BCUT2D eigenvalue weighted by Crippen LogP contribution is -2.33. The zero-order chi connectivity index (χ0) is 28.4. The van der Waals surface area contributed by atoms with Crippen LogP contribution in [-0.4, -0.2) is 50.2 Å². The SMILES string of the molecule is N#Cc1ccncc1-c1ccc(NC(O)c2ccc(=O)n(-c3c(F)cccc3F)n2)c(N2C[C@H](N)C[C@H]2CO)c1. The molecular formula is C28H25F2N7O3. The van der Waals surface area contributed by atoms with Crippen molar-refractivity contribution in [2.75, 3.05) is 23.4 Å². The van der Waals surface area contributed by atoms with E-state index < -0.39 is 29.1 Å². The molecule has 1 aliphatic rings. The third kappa shape index (κ3) is 5.13. The molecule has 3 heterocycles. The number of benzene rings is 2. The molecule has 204 valence electrons. The molecule has 5 N–H and O–H groups in total. The summed E-state index contributed by atoms with van der Waals surface area (Å²) in [7, 11) is 0. The van der Waals surface area contributed by atoms with Gasteiger partial charge in [0.05, 0.1) is 35.7 Å². The molecule has 2 aromatic heterocycles. The van der Waals surface area contributed by atoms with Gasteiger partial charge in [0.1, 0.15) is 11.4 Å². The molecule has 1 saturated heterocycles. The lowest BCUT2D eigenvalue weighted by Gasteiger charge is -2.29. The summed E-state index contributed by atoms with van der Waals surface area (Å²) < 4.78 is 29.3. The van der Waals surface area contributed by atoms with Crippen LogP contribution in [0.5, 0.6) is 0 Å². The van der Waals surface area contributed by atoms with Gasteiger partial charge < -0.3 is 26.2 Å². The van der Waals surface area contributed by atoms with Gasteiger partial charge in [0.15, 0.2) is 17.9 Å². The summed E-state index contributed by atoms with van der Waals surface area (Å²) in [6.07, 6.45) is 2.15. The van der Waals surface area contributed by atoms with E-state index in [9.17, 15) is 29.1 Å². The summed E-state index contributed by atoms with van der Waals surface area (Å²) in [6, 6.07) is 14.0. The Morgan fingerprint density at radius 2 is 1.95 bits per heavy atom. The molecule has 1 aliphatic heterocycles. The minimum Gasteiger partial charge on any atom is -0.394 e. The molecule has 0 bridgehead atoms. The summed E-state index contributed by atoms with van der Waals surface area (Å²) in [5, 5.41) is 37.6. The van der Waals surface area contributed by atoms with Crippen LogP contribution in [0, 0.1) is 23.0 Å². The maximum atomic E-state index is 14.4. The van der Waals surface area contributed by atoms with E-state index >= 15 is 0 Å². The normalized spacial score (nSPS) is 17.4. The van der Waals surface area contributed by atoms with Crippen molar-refractivity contribution < 1.29 is 19.0 Å². The van der Waals surface area contributed by atoms with E-state index in [1.54, 1.807) is 30.5 Å². The Bertz CT molecular complexity index is 1640. The number of halogens is 2. The number of aromatic nitrogens is 3. The van der Waals surface area contributed by atoms with E-state index in [1.165, 1.54) is 18.3 Å². The first kappa shape index (κ1) is 26.9. The zero-order valence-corrected chi connectivity index (χ0v) is 21.1. The first-order valence-corrected chi connectivity index (χ1v) is 12.4. The highest BCUT2D eigenvalue weighted by Gasteiger charge is 2.32. The fraction of sp³-hybridized carbons (Fsp3) is 0.214. The number of hydrogen-bond acceptors (Lipinski definition) is 9. The van der Waals surface area contributed by atoms with Crippen LogP contribution in [0.15, 0.2) is 71.8 Å². The number of pyridine rings is 1. The summed E-state index contributed by atoms with van der Waals surface area (Å²) in [5.41, 5.74) is 7.40. The predicted octanol–water partition coefficient (Wildman–Crippen LogP) is 2.45. The van der Waals surface area contributed by atoms with Crippen molar-refractivity contribution in [1.82, 2.24) is 14.8 Å². The zero-order valence-electron chi connectivity index (χ0n) is 21.1. The van der Waals surface area contributed by atoms with Crippen LogP contribution in [0.4, 0.5) is 20.2 Å². The number of nitrogens with one attached hydrogen (secondary N) is 1. The fourth-order valence-corrected chi connectivity index (χ4v) is 4.85. The van der Waals surface area contributed by atoms with Crippen LogP contribution in [0.3, 0.4) is 0 Å². The predicted molar refractivity (Wildman–Crippen MR) is 144 cm³/mol. The molecule has 10 nitrogen and oxygen atoms in total. The molecule has 0 radical (unpaired) electrons. The van der Waals surface area contributed by atoms with Gasteiger partial charge in [-0.25, -0.2) is 8.78 Å². The largest absolute Gasteiger partial charge is 0.394 e. The Morgan fingerprint density at radius 3 is 2.67 bits per heavy atom. The number of anilines is 2. The van der Waals surface area contributed by atoms with Crippen molar-refractivity contribution in [3.05, 3.63) is 100 Å². The summed E-state index contributed by atoms with van der Waals surface area (Å²) in [6.45, 7) is 0.268. The first-order chi connectivity index (χ1) is 19.3. The Kier molecular flexibility index (Phi) is 7.52. The number of para-hydroxylation sites is 1. The number of nitrogens with zero attached hydrogens (tertiary/aromatic N) is 5. The van der Waals surface area contributed by atoms with E-state index in [0.717, 1.165) is 18.2 Å². The number of nitriles is 1. The monoisotopic (exact) mass is 545 g/mol. The number of hydrogen-bond donors (Lipinski definition) is 4. The van der Waals surface area contributed by atoms with Crippen LogP contribution in [-0.2, 0) is 0 Å². The lowest BCUT2D eigenvalue weighted by atomic mass is 10.0. The van der Waals surface area contributed by atoms with Crippen LogP contribution < -0.4 is 21.5 Å². The molecule has 1 unspecified atom stereocenters. The van der Waals surface area contributed by atoms with Gasteiger partial charge in [0.25, 0.3) is 5.56 Å². The standard InChI is InChI=1S/C28H25F2N7O3/c29-21-2-1-3-22(30)27(21)37-26(39)7-6-24(35-37)28(40)34-23-5-4-16(20-13-33-9-8-17(20)12-31)10-25(23)36-14-18(32)11-19(36)15-38/h1-10,13,18-19,28,34,38,40H,11,14-15,32H2/t18-,19+,28?/m1/s1. The van der Waals surface area contributed by atoms with E-state index in [-0.39, 0.29) is 24.4 Å². The van der Waals surface area contributed by atoms with E-state index in [1.807, 2.05) is 4.90 Å². The van der Waals surface area contributed by atoms with Gasteiger partial charge in [0.2, 0.25) is 0 Å². The Balaban J connectivity index is 1.55. The van der Waals surface area contributed by atoms with E-state index in [4.69, 9.17) is 5.73 Å². The fourth-order valence-electron chi connectivity index (χ4n) is 4.85. The van der Waals surface area contributed by atoms with Gasteiger partial charge in [-0.1, -0.05) is 12.1 Å². The third-order valence-electron chi connectivity index (χ3n) is 6.76. The molecule has 3 atom stereocenters. The van der Waals surface area contributed by atoms with Crippen LogP contribution in [0.1, 0.15) is 23.9 Å². The highest BCUT2D eigenvalue weighted by molar-refractivity contribution is 5.80. The van der Waals surface area contributed by atoms with Crippen LogP contribution in [0.25, 0.3) is 16.8 Å². The molecular weight excluding hydrogens is 520 g/mol. The Morgan fingerprint density at radius 1 is 1.18 bits per heavy atom. The average molecular weight is 546 g/mol. The van der Waals surface area contributed by atoms with Crippen molar-refractivity contribution in [3.8, 4) is 22.9 Å². The molecule has 4 aromatic rings. The topological polar surface area (TPSA) is 153 Å². The van der Waals surface area contributed by atoms with Gasteiger partial charge in [-0.15, -0.1) is 0 Å². The maximum Gasteiger partial charge on any atom is 0.271 e. The minimum atomic E-state index is -1.50. The van der Waals surface area contributed by atoms with Crippen molar-refractivity contribution in [2.24, 2.45) is 5.73 Å². The van der Waals surface area contributed by atoms with Crippen LogP contribution >= 0.6 is 0 Å². The van der Waals surface area contributed by atoms with Gasteiger partial charge in [-0.05, 0) is 48.4 Å². The first-order valence-electron chi connectivity index (χ1n) is 12.4. The van der Waals surface area contributed by atoms with E-state index in [0.29, 0.717) is 45.7 Å². The van der Waals surface area contributed by atoms with Crippen molar-refractivity contribution in [3.63, 3.8) is 0 Å². The molecule has 5 rings (SSSR count). The van der Waals surface area contributed by atoms with Crippen LogP contribution in [0.2, 0.25) is 0 Å². The number of rotatable bonds is 7. The molecule has 0 spiro atoms. The highest BCUT2D eigenvalue weighted by Crippen LogP contribution is 2.37. The summed E-state index contributed by atoms with van der Waals surface area (Å²) in [5.74, 6) is -1.97. The minimum absolute atomic E-state index is 0.0758. The average Bonchev–Trinajstić information content (AvgIpc) is 3.34. The second kappa shape index (κ2) is 11.2. The van der Waals surface area contributed by atoms with Gasteiger partial charge >= 0.3 is 0 Å². The molecule has 40 heavy (non-hydrogen) atoms. The second-order valence-electron chi connectivity index (χ2n) is 9.37. The number of aliphatic hydroxyl groups is 2. The molecule has 0 saturated carbocycles. The Hall–Kier alpha value is -4.70. The Labute approximate surface area is 227 Å². The summed E-state index contributed by atoms with van der Waals surface area (Å²) in [4.78, 5) is 18.4. The van der Waals surface area contributed by atoms with E-state index in [2.05, 4.69) is 21.5 Å². The van der Waals surface area contributed by atoms with Crippen molar-refractivity contribution in [1.29, 1.82) is 5.26 Å².